The number of aryl methyl sites for hydroxylation is 1. The number of rotatable bonds is 4. The fraction of sp³-hybridized carbons (Fsp3) is 0.231. The van der Waals surface area contributed by atoms with Gasteiger partial charge in [-0.1, -0.05) is 11.6 Å². The third-order valence-electron chi connectivity index (χ3n) is 2.84. The van der Waals surface area contributed by atoms with E-state index >= 15 is 0 Å². The Morgan fingerprint density at radius 3 is 2.65 bits per heavy atom. The van der Waals surface area contributed by atoms with Gasteiger partial charge in [0.1, 0.15) is 6.54 Å². The maximum absolute atomic E-state index is 11.9. The van der Waals surface area contributed by atoms with E-state index in [1.54, 1.807) is 30.6 Å². The van der Waals surface area contributed by atoms with E-state index in [0.29, 0.717) is 22.9 Å². The smallest absolute Gasteiger partial charge is 0.328 e. The van der Waals surface area contributed by atoms with Crippen molar-refractivity contribution in [1.82, 2.24) is 9.13 Å². The predicted octanol–water partition coefficient (Wildman–Crippen LogP) is 1.54. The number of aromatic nitrogens is 2. The number of halogens is 1. The molecule has 0 radical (unpaired) electrons. The molecule has 0 spiro atoms. The minimum absolute atomic E-state index is 0.0630. The lowest BCUT2D eigenvalue weighted by Gasteiger charge is -2.08. The number of hydrogen-bond acceptors (Lipinski definition) is 3. The van der Waals surface area contributed by atoms with Gasteiger partial charge in [-0.3, -0.25) is 13.9 Å². The molecule has 0 saturated heterocycles. The van der Waals surface area contributed by atoms with E-state index in [-0.39, 0.29) is 18.1 Å². The molecule has 1 heterocycles. The topological polar surface area (TPSA) is 82.1 Å². The lowest BCUT2D eigenvalue weighted by atomic mass is 10.3. The fourth-order valence-corrected chi connectivity index (χ4v) is 2.03. The molecular formula is C13H15ClN4O2. The van der Waals surface area contributed by atoms with E-state index in [1.807, 2.05) is 6.92 Å². The van der Waals surface area contributed by atoms with E-state index < -0.39 is 0 Å². The first-order chi connectivity index (χ1) is 9.51. The van der Waals surface area contributed by atoms with E-state index in [2.05, 4.69) is 5.32 Å². The Labute approximate surface area is 120 Å². The molecule has 106 valence electrons. The molecule has 2 rings (SSSR count). The van der Waals surface area contributed by atoms with Gasteiger partial charge in [-0.25, -0.2) is 4.79 Å². The summed E-state index contributed by atoms with van der Waals surface area (Å²) in [5, 5.41) is 3.00. The number of carbonyl (C=O) groups is 1. The van der Waals surface area contributed by atoms with Gasteiger partial charge in [0.25, 0.3) is 0 Å². The highest BCUT2D eigenvalue weighted by atomic mass is 35.5. The van der Waals surface area contributed by atoms with Crippen molar-refractivity contribution in [2.75, 3.05) is 11.1 Å². The quantitative estimate of drug-likeness (QED) is 0.839. The lowest BCUT2D eigenvalue weighted by molar-refractivity contribution is -0.116. The van der Waals surface area contributed by atoms with Gasteiger partial charge in [0, 0.05) is 24.6 Å². The summed E-state index contributed by atoms with van der Waals surface area (Å²) < 4.78 is 2.85. The molecule has 0 bridgehead atoms. The van der Waals surface area contributed by atoms with Crippen molar-refractivity contribution in [1.29, 1.82) is 0 Å². The van der Waals surface area contributed by atoms with Crippen LogP contribution in [0.4, 0.5) is 11.4 Å². The zero-order valence-corrected chi connectivity index (χ0v) is 11.7. The third kappa shape index (κ3) is 3.03. The lowest BCUT2D eigenvalue weighted by Crippen LogP contribution is -2.28. The molecule has 20 heavy (non-hydrogen) atoms. The molecule has 6 nitrogen and oxygen atoms in total. The van der Waals surface area contributed by atoms with Crippen LogP contribution in [0.2, 0.25) is 5.02 Å². The van der Waals surface area contributed by atoms with E-state index in [9.17, 15) is 9.59 Å². The molecule has 0 saturated carbocycles. The van der Waals surface area contributed by atoms with Gasteiger partial charge >= 0.3 is 5.69 Å². The van der Waals surface area contributed by atoms with Gasteiger partial charge in [0.05, 0.1) is 10.7 Å². The monoisotopic (exact) mass is 294 g/mol. The minimum atomic E-state index is -0.326. The van der Waals surface area contributed by atoms with Crippen molar-refractivity contribution in [2.24, 2.45) is 0 Å². The van der Waals surface area contributed by atoms with Crippen LogP contribution in [0, 0.1) is 0 Å². The van der Waals surface area contributed by atoms with E-state index in [1.165, 1.54) is 9.13 Å². The Morgan fingerprint density at radius 2 is 2.05 bits per heavy atom. The molecule has 0 unspecified atom stereocenters. The van der Waals surface area contributed by atoms with Crippen LogP contribution in [0.15, 0.2) is 35.4 Å². The average Bonchev–Trinajstić information content (AvgIpc) is 2.74. The van der Waals surface area contributed by atoms with E-state index in [4.69, 9.17) is 17.3 Å². The van der Waals surface area contributed by atoms with Crippen LogP contribution >= 0.6 is 11.6 Å². The molecule has 0 fully saturated rings. The summed E-state index contributed by atoms with van der Waals surface area (Å²) in [7, 11) is 0. The second-order valence-corrected chi connectivity index (χ2v) is 4.69. The number of imidazole rings is 1. The van der Waals surface area contributed by atoms with Crippen molar-refractivity contribution in [2.45, 2.75) is 20.0 Å². The van der Waals surface area contributed by atoms with Crippen LogP contribution in [0.5, 0.6) is 0 Å². The number of hydrogen-bond donors (Lipinski definition) is 2. The zero-order valence-electron chi connectivity index (χ0n) is 11.0. The number of benzene rings is 1. The highest BCUT2D eigenvalue weighted by Gasteiger charge is 2.09. The van der Waals surface area contributed by atoms with Gasteiger partial charge < -0.3 is 11.1 Å². The van der Waals surface area contributed by atoms with E-state index in [0.717, 1.165) is 0 Å². The van der Waals surface area contributed by atoms with Crippen molar-refractivity contribution in [3.05, 3.63) is 46.1 Å². The summed E-state index contributed by atoms with van der Waals surface area (Å²) in [6.07, 6.45) is 3.22. The van der Waals surface area contributed by atoms with Crippen LogP contribution in [0.1, 0.15) is 6.92 Å². The third-order valence-corrected chi connectivity index (χ3v) is 3.15. The summed E-state index contributed by atoms with van der Waals surface area (Å²) in [6, 6.07) is 4.81. The fourth-order valence-electron chi connectivity index (χ4n) is 1.79. The molecule has 2 aromatic rings. The van der Waals surface area contributed by atoms with Gasteiger partial charge in [0.2, 0.25) is 5.91 Å². The molecule has 3 N–H and O–H groups in total. The Kier molecular flexibility index (Phi) is 4.14. The summed E-state index contributed by atoms with van der Waals surface area (Å²) in [4.78, 5) is 23.7. The number of amides is 1. The Bertz CT molecular complexity index is 690. The van der Waals surface area contributed by atoms with Crippen molar-refractivity contribution in [3.63, 3.8) is 0 Å². The van der Waals surface area contributed by atoms with Gasteiger partial charge in [-0.15, -0.1) is 0 Å². The second kappa shape index (κ2) is 5.83. The molecule has 1 amide bonds. The molecule has 0 aliphatic rings. The maximum atomic E-state index is 11.9. The van der Waals surface area contributed by atoms with Crippen LogP contribution in [-0.4, -0.2) is 15.0 Å². The number of nitrogens with two attached hydrogens (primary N) is 1. The standard InChI is InChI=1S/C13H15ClN4O2/c1-2-17-5-6-18(13(17)20)8-12(19)16-11-4-3-9(15)7-10(11)14/h3-7H,2,8,15H2,1H3,(H,16,19). The van der Waals surface area contributed by atoms with Crippen molar-refractivity contribution >= 4 is 28.9 Å². The summed E-state index contributed by atoms with van der Waals surface area (Å²) >= 11 is 5.97. The summed E-state index contributed by atoms with van der Waals surface area (Å²) in [5.74, 6) is -0.326. The maximum Gasteiger partial charge on any atom is 0.328 e. The van der Waals surface area contributed by atoms with Crippen LogP contribution in [0.3, 0.4) is 0 Å². The first kappa shape index (κ1) is 14.2. The van der Waals surface area contributed by atoms with Gasteiger partial charge in [-0.2, -0.15) is 0 Å². The minimum Gasteiger partial charge on any atom is -0.399 e. The molecule has 7 heteroatoms. The normalized spacial score (nSPS) is 10.5. The van der Waals surface area contributed by atoms with Gasteiger partial charge in [-0.05, 0) is 25.1 Å². The number of carbonyl (C=O) groups excluding carboxylic acids is 1. The average molecular weight is 295 g/mol. The van der Waals surface area contributed by atoms with Gasteiger partial charge in [0.15, 0.2) is 0 Å². The highest BCUT2D eigenvalue weighted by Crippen LogP contribution is 2.23. The van der Waals surface area contributed by atoms with Crippen molar-refractivity contribution < 1.29 is 4.79 Å². The Hall–Kier alpha value is -2.21. The zero-order chi connectivity index (χ0) is 14.7. The first-order valence-electron chi connectivity index (χ1n) is 6.11. The highest BCUT2D eigenvalue weighted by molar-refractivity contribution is 6.34. The van der Waals surface area contributed by atoms with Crippen LogP contribution in [-0.2, 0) is 17.9 Å². The molecule has 1 aromatic heterocycles. The van der Waals surface area contributed by atoms with Crippen LogP contribution < -0.4 is 16.7 Å². The number of anilines is 2. The number of nitrogen functional groups attached to an aromatic ring is 1. The van der Waals surface area contributed by atoms with Crippen molar-refractivity contribution in [3.8, 4) is 0 Å². The Morgan fingerprint density at radius 1 is 1.35 bits per heavy atom. The molecular weight excluding hydrogens is 280 g/mol. The SMILES string of the molecule is CCn1ccn(CC(=O)Nc2ccc(N)cc2Cl)c1=O. The Balaban J connectivity index is 2.09. The molecule has 0 atom stereocenters. The first-order valence-corrected chi connectivity index (χ1v) is 6.49. The number of nitrogens with one attached hydrogen (secondary N) is 1. The second-order valence-electron chi connectivity index (χ2n) is 4.28. The molecule has 0 aliphatic carbocycles. The summed E-state index contributed by atoms with van der Waals surface area (Å²) in [5.41, 5.74) is 6.34. The largest absolute Gasteiger partial charge is 0.399 e. The molecule has 0 aliphatic heterocycles. The molecule has 1 aromatic carbocycles. The number of nitrogens with zero attached hydrogens (tertiary/aromatic N) is 2. The predicted molar refractivity (Wildman–Crippen MR) is 78.9 cm³/mol. The summed E-state index contributed by atoms with van der Waals surface area (Å²) in [6.45, 7) is 2.36. The van der Waals surface area contributed by atoms with Crippen LogP contribution in [0.25, 0.3) is 0 Å².